The van der Waals surface area contributed by atoms with Gasteiger partial charge in [-0.2, -0.15) is 4.98 Å². The Morgan fingerprint density at radius 2 is 2.10 bits per heavy atom. The van der Waals surface area contributed by atoms with Crippen molar-refractivity contribution in [2.45, 2.75) is 19.9 Å². The minimum absolute atomic E-state index is 0.429. The molecule has 0 unspecified atom stereocenters. The molecule has 0 aliphatic heterocycles. The molecule has 21 heavy (non-hydrogen) atoms. The molecule has 3 rings (SSSR count). The van der Waals surface area contributed by atoms with Crippen LogP contribution in [-0.2, 0) is 13.0 Å². The summed E-state index contributed by atoms with van der Waals surface area (Å²) in [6.45, 7) is 2.66. The van der Waals surface area contributed by atoms with E-state index in [9.17, 15) is 0 Å². The van der Waals surface area contributed by atoms with Gasteiger partial charge in [-0.1, -0.05) is 13.0 Å². The van der Waals surface area contributed by atoms with Gasteiger partial charge in [0, 0.05) is 12.3 Å². The number of methoxy groups -OCH3 is 1. The van der Waals surface area contributed by atoms with E-state index in [1.54, 1.807) is 19.4 Å². The molecule has 0 saturated heterocycles. The van der Waals surface area contributed by atoms with Crippen LogP contribution in [0, 0.1) is 0 Å². The van der Waals surface area contributed by atoms with Crippen molar-refractivity contribution in [3.05, 3.63) is 41.7 Å². The zero-order valence-corrected chi connectivity index (χ0v) is 12.1. The Balaban J connectivity index is 2.09. The van der Waals surface area contributed by atoms with Crippen molar-refractivity contribution >= 4 is 17.1 Å². The summed E-state index contributed by atoms with van der Waals surface area (Å²) in [4.78, 5) is 13.2. The molecule has 0 bridgehead atoms. The van der Waals surface area contributed by atoms with Crippen LogP contribution in [0.4, 0.5) is 5.95 Å². The lowest BCUT2D eigenvalue weighted by Crippen LogP contribution is -2.09. The van der Waals surface area contributed by atoms with E-state index >= 15 is 0 Å². The molecule has 0 aliphatic carbocycles. The van der Waals surface area contributed by atoms with Crippen molar-refractivity contribution in [1.82, 2.24) is 19.5 Å². The first-order valence-corrected chi connectivity index (χ1v) is 6.82. The minimum atomic E-state index is 0.429. The molecular weight excluding hydrogens is 266 g/mol. The number of nitrogen functional groups attached to an aromatic ring is 1. The van der Waals surface area contributed by atoms with Crippen LogP contribution in [0.25, 0.3) is 11.2 Å². The molecular formula is C15H17N5O. The number of hydrogen-bond donors (Lipinski definition) is 1. The van der Waals surface area contributed by atoms with Crippen LogP contribution in [0.1, 0.15) is 18.2 Å². The van der Waals surface area contributed by atoms with Crippen LogP contribution >= 0.6 is 0 Å². The number of rotatable bonds is 4. The smallest absolute Gasteiger partial charge is 0.215 e. The largest absolute Gasteiger partial charge is 0.481 e. The molecule has 6 nitrogen and oxygen atoms in total. The molecule has 0 fully saturated rings. The SMILES string of the molecule is CCc1cccnc1Cn1c(N)nc2ccc(OC)nc21. The number of ether oxygens (including phenoxy) is 1. The molecule has 0 radical (unpaired) electrons. The highest BCUT2D eigenvalue weighted by Gasteiger charge is 2.13. The standard InChI is InChI=1S/C15H17N5O/c1-3-10-5-4-8-17-12(10)9-20-14-11(18-15(20)16)6-7-13(19-14)21-2/h4-8H,3,9H2,1-2H3,(H2,16,18). The average Bonchev–Trinajstić information content (AvgIpc) is 2.83. The van der Waals surface area contributed by atoms with Gasteiger partial charge in [0.05, 0.1) is 19.3 Å². The molecule has 3 aromatic heterocycles. The Bertz CT molecular complexity index is 781. The maximum atomic E-state index is 6.03. The molecule has 0 amide bonds. The molecule has 3 aromatic rings. The molecule has 2 N–H and O–H groups in total. The monoisotopic (exact) mass is 283 g/mol. The lowest BCUT2D eigenvalue weighted by atomic mass is 10.1. The zero-order valence-electron chi connectivity index (χ0n) is 12.1. The molecule has 0 atom stereocenters. The maximum Gasteiger partial charge on any atom is 0.215 e. The number of imidazole rings is 1. The summed E-state index contributed by atoms with van der Waals surface area (Å²) >= 11 is 0. The van der Waals surface area contributed by atoms with Crippen molar-refractivity contribution in [3.63, 3.8) is 0 Å². The van der Waals surface area contributed by atoms with E-state index in [0.29, 0.717) is 24.0 Å². The van der Waals surface area contributed by atoms with Crippen LogP contribution < -0.4 is 10.5 Å². The van der Waals surface area contributed by atoms with Gasteiger partial charge in [0.25, 0.3) is 0 Å². The van der Waals surface area contributed by atoms with Gasteiger partial charge in [-0.05, 0) is 24.1 Å². The second-order valence-corrected chi connectivity index (χ2v) is 4.72. The summed E-state index contributed by atoms with van der Waals surface area (Å²) in [7, 11) is 1.59. The lowest BCUT2D eigenvalue weighted by Gasteiger charge is -2.09. The van der Waals surface area contributed by atoms with Crippen LogP contribution in [-0.4, -0.2) is 26.6 Å². The fraction of sp³-hybridized carbons (Fsp3) is 0.267. The Morgan fingerprint density at radius 1 is 1.24 bits per heavy atom. The van der Waals surface area contributed by atoms with Crippen LogP contribution in [0.5, 0.6) is 5.88 Å². The average molecular weight is 283 g/mol. The van der Waals surface area contributed by atoms with Crippen molar-refractivity contribution in [3.8, 4) is 5.88 Å². The number of anilines is 1. The summed E-state index contributed by atoms with van der Waals surface area (Å²) in [6.07, 6.45) is 2.71. The van der Waals surface area contributed by atoms with Gasteiger partial charge in [0.1, 0.15) is 5.52 Å². The lowest BCUT2D eigenvalue weighted by molar-refractivity contribution is 0.399. The highest BCUT2D eigenvalue weighted by Crippen LogP contribution is 2.21. The first kappa shape index (κ1) is 13.4. The van der Waals surface area contributed by atoms with Gasteiger partial charge in [0.2, 0.25) is 11.8 Å². The zero-order chi connectivity index (χ0) is 14.8. The first-order valence-electron chi connectivity index (χ1n) is 6.82. The number of nitrogens with two attached hydrogens (primary N) is 1. The van der Waals surface area contributed by atoms with E-state index in [0.717, 1.165) is 17.6 Å². The Hall–Kier alpha value is -2.63. The second-order valence-electron chi connectivity index (χ2n) is 4.72. The van der Waals surface area contributed by atoms with E-state index in [4.69, 9.17) is 10.5 Å². The number of pyridine rings is 2. The van der Waals surface area contributed by atoms with Gasteiger partial charge in [-0.3, -0.25) is 9.55 Å². The van der Waals surface area contributed by atoms with Crippen molar-refractivity contribution in [2.24, 2.45) is 0 Å². The number of nitrogens with zero attached hydrogens (tertiary/aromatic N) is 4. The summed E-state index contributed by atoms with van der Waals surface area (Å²) in [5.74, 6) is 0.971. The number of fused-ring (bicyclic) bond motifs is 1. The molecule has 6 heteroatoms. The van der Waals surface area contributed by atoms with Crippen LogP contribution in [0.2, 0.25) is 0 Å². The Labute approximate surface area is 122 Å². The Morgan fingerprint density at radius 3 is 2.86 bits per heavy atom. The van der Waals surface area contributed by atoms with E-state index in [2.05, 4.69) is 27.9 Å². The fourth-order valence-corrected chi connectivity index (χ4v) is 2.36. The molecule has 0 spiro atoms. The van der Waals surface area contributed by atoms with Crippen molar-refractivity contribution < 1.29 is 4.74 Å². The third kappa shape index (κ3) is 2.40. The Kier molecular flexibility index (Phi) is 3.43. The number of aryl methyl sites for hydroxylation is 1. The van der Waals surface area contributed by atoms with E-state index in [1.807, 2.05) is 16.7 Å². The fourth-order valence-electron chi connectivity index (χ4n) is 2.36. The summed E-state index contributed by atoms with van der Waals surface area (Å²) in [6, 6.07) is 7.65. The van der Waals surface area contributed by atoms with E-state index in [-0.39, 0.29) is 0 Å². The highest BCUT2D eigenvalue weighted by molar-refractivity contribution is 5.74. The van der Waals surface area contributed by atoms with E-state index < -0.39 is 0 Å². The van der Waals surface area contributed by atoms with Gasteiger partial charge in [-0.25, -0.2) is 4.98 Å². The predicted octanol–water partition coefficient (Wildman–Crippen LogP) is 2.03. The summed E-state index contributed by atoms with van der Waals surface area (Å²) in [5.41, 5.74) is 9.67. The summed E-state index contributed by atoms with van der Waals surface area (Å²) < 4.78 is 7.03. The molecule has 0 aliphatic rings. The summed E-state index contributed by atoms with van der Waals surface area (Å²) in [5, 5.41) is 0. The molecule has 108 valence electrons. The minimum Gasteiger partial charge on any atom is -0.481 e. The predicted molar refractivity (Wildman–Crippen MR) is 81.2 cm³/mol. The maximum absolute atomic E-state index is 6.03. The van der Waals surface area contributed by atoms with Crippen molar-refractivity contribution in [2.75, 3.05) is 12.8 Å². The first-order chi connectivity index (χ1) is 10.2. The van der Waals surface area contributed by atoms with Crippen LogP contribution in [0.15, 0.2) is 30.5 Å². The van der Waals surface area contributed by atoms with Gasteiger partial charge < -0.3 is 10.5 Å². The topological polar surface area (TPSA) is 78.9 Å². The third-order valence-corrected chi connectivity index (χ3v) is 3.48. The van der Waals surface area contributed by atoms with Crippen LogP contribution in [0.3, 0.4) is 0 Å². The normalized spacial score (nSPS) is 11.0. The second kappa shape index (κ2) is 5.40. The number of hydrogen-bond acceptors (Lipinski definition) is 5. The van der Waals surface area contributed by atoms with Gasteiger partial charge in [0.15, 0.2) is 5.65 Å². The molecule has 3 heterocycles. The highest BCUT2D eigenvalue weighted by atomic mass is 16.5. The van der Waals surface area contributed by atoms with Gasteiger partial charge in [-0.15, -0.1) is 0 Å². The molecule has 0 saturated carbocycles. The van der Waals surface area contributed by atoms with Crippen molar-refractivity contribution in [1.29, 1.82) is 0 Å². The van der Waals surface area contributed by atoms with Gasteiger partial charge >= 0.3 is 0 Å². The quantitative estimate of drug-likeness (QED) is 0.792. The third-order valence-electron chi connectivity index (χ3n) is 3.48. The molecule has 0 aromatic carbocycles. The number of aromatic nitrogens is 4. The van der Waals surface area contributed by atoms with E-state index in [1.165, 1.54) is 5.56 Å².